The molecule has 5 rings (SSSR count). The molecule has 0 N–H and O–H groups in total. The van der Waals surface area contributed by atoms with Crippen molar-refractivity contribution in [1.82, 2.24) is 9.88 Å². The van der Waals surface area contributed by atoms with Crippen LogP contribution < -0.4 is 0 Å². The Morgan fingerprint density at radius 3 is 2.52 bits per heavy atom. The maximum absolute atomic E-state index is 13.6. The second-order valence-corrected chi connectivity index (χ2v) is 7.96. The number of rotatable bonds is 3. The Labute approximate surface area is 182 Å². The van der Waals surface area contributed by atoms with E-state index in [0.717, 1.165) is 25.0 Å². The van der Waals surface area contributed by atoms with Crippen molar-refractivity contribution in [3.8, 4) is 11.1 Å². The van der Waals surface area contributed by atoms with Gasteiger partial charge in [0.2, 0.25) is 5.89 Å². The van der Waals surface area contributed by atoms with Crippen LogP contribution in [0, 0.1) is 11.6 Å². The molecule has 1 amide bonds. The summed E-state index contributed by atoms with van der Waals surface area (Å²) in [6.45, 7) is 0.616. The van der Waals surface area contributed by atoms with Gasteiger partial charge in [-0.15, -0.1) is 0 Å². The first-order valence-corrected chi connectivity index (χ1v) is 10.3. The molecule has 0 saturated carbocycles. The average Bonchev–Trinajstić information content (AvgIpc) is 3.42. The summed E-state index contributed by atoms with van der Waals surface area (Å²) in [6.07, 6.45) is 1.60. The Morgan fingerprint density at radius 2 is 1.74 bits per heavy atom. The lowest BCUT2D eigenvalue weighted by Gasteiger charge is -2.22. The maximum Gasteiger partial charge on any atom is 0.254 e. The van der Waals surface area contributed by atoms with Gasteiger partial charge in [0.05, 0.1) is 0 Å². The molecule has 0 bridgehead atoms. The zero-order valence-electron chi connectivity index (χ0n) is 16.3. The topological polar surface area (TPSA) is 46.3 Å². The number of amides is 1. The van der Waals surface area contributed by atoms with Crippen LogP contribution in [0.5, 0.6) is 0 Å². The summed E-state index contributed by atoms with van der Waals surface area (Å²) in [5.74, 6) is -1.41. The van der Waals surface area contributed by atoms with Gasteiger partial charge in [0.1, 0.15) is 11.6 Å². The summed E-state index contributed by atoms with van der Waals surface area (Å²) < 4.78 is 32.8. The van der Waals surface area contributed by atoms with Gasteiger partial charge in [-0.05, 0) is 72.5 Å². The molecule has 4 aromatic rings. The molecule has 1 saturated heterocycles. The Bertz CT molecular complexity index is 1290. The smallest absolute Gasteiger partial charge is 0.254 e. The monoisotopic (exact) mass is 438 g/mol. The van der Waals surface area contributed by atoms with Crippen molar-refractivity contribution in [3.63, 3.8) is 0 Å². The van der Waals surface area contributed by atoms with Crippen LogP contribution in [0.4, 0.5) is 8.78 Å². The Morgan fingerprint density at radius 1 is 1.00 bits per heavy atom. The largest absolute Gasteiger partial charge is 0.438 e. The number of halogens is 3. The molecule has 4 nitrogen and oxygen atoms in total. The molecule has 0 aliphatic carbocycles. The summed E-state index contributed by atoms with van der Waals surface area (Å²) in [5.41, 5.74) is 2.99. The fourth-order valence-electron chi connectivity index (χ4n) is 3.97. The van der Waals surface area contributed by atoms with Crippen molar-refractivity contribution >= 4 is 28.6 Å². The van der Waals surface area contributed by atoms with Gasteiger partial charge in [0.15, 0.2) is 17.2 Å². The van der Waals surface area contributed by atoms with Crippen molar-refractivity contribution in [2.24, 2.45) is 0 Å². The number of hydrogen-bond donors (Lipinski definition) is 0. The first-order valence-electron chi connectivity index (χ1n) is 9.92. The van der Waals surface area contributed by atoms with E-state index in [0.29, 0.717) is 45.2 Å². The SMILES string of the molecule is O=C(c1ccc(Cl)cc1)N1CCC[C@H]1c1nc2cc(-c3ccc(F)c(F)c3)ccc2o1. The molecule has 1 fully saturated rings. The maximum atomic E-state index is 13.6. The molecule has 1 aliphatic heterocycles. The lowest BCUT2D eigenvalue weighted by atomic mass is 10.1. The highest BCUT2D eigenvalue weighted by atomic mass is 35.5. The van der Waals surface area contributed by atoms with Crippen molar-refractivity contribution in [2.75, 3.05) is 6.54 Å². The number of fused-ring (bicyclic) bond motifs is 1. The van der Waals surface area contributed by atoms with Crippen molar-refractivity contribution < 1.29 is 18.0 Å². The highest BCUT2D eigenvalue weighted by Crippen LogP contribution is 2.35. The van der Waals surface area contributed by atoms with E-state index in [1.54, 1.807) is 47.4 Å². The van der Waals surface area contributed by atoms with E-state index < -0.39 is 11.6 Å². The van der Waals surface area contributed by atoms with Gasteiger partial charge in [-0.3, -0.25) is 4.79 Å². The summed E-state index contributed by atoms with van der Waals surface area (Å²) in [7, 11) is 0. The number of oxazole rings is 1. The highest BCUT2D eigenvalue weighted by Gasteiger charge is 2.34. The molecule has 156 valence electrons. The fourth-order valence-corrected chi connectivity index (χ4v) is 4.09. The molecular weight excluding hydrogens is 422 g/mol. The molecule has 1 aliphatic rings. The van der Waals surface area contributed by atoms with Gasteiger partial charge in [0.25, 0.3) is 5.91 Å². The third-order valence-electron chi connectivity index (χ3n) is 5.55. The van der Waals surface area contributed by atoms with Crippen molar-refractivity contribution in [2.45, 2.75) is 18.9 Å². The molecule has 7 heteroatoms. The molecule has 2 heterocycles. The van der Waals surface area contributed by atoms with Crippen LogP contribution in [0.1, 0.15) is 35.1 Å². The number of carbonyl (C=O) groups excluding carboxylic acids is 1. The average molecular weight is 439 g/mol. The minimum Gasteiger partial charge on any atom is -0.438 e. The van der Waals surface area contributed by atoms with Crippen LogP contribution in [-0.4, -0.2) is 22.3 Å². The van der Waals surface area contributed by atoms with Gasteiger partial charge in [-0.1, -0.05) is 23.7 Å². The summed E-state index contributed by atoms with van der Waals surface area (Å²) in [5, 5.41) is 0.574. The number of benzene rings is 3. The molecule has 31 heavy (non-hydrogen) atoms. The minimum absolute atomic E-state index is 0.0936. The second kappa shape index (κ2) is 7.78. The number of aromatic nitrogens is 1. The fraction of sp³-hybridized carbons (Fsp3) is 0.167. The van der Waals surface area contributed by atoms with Crippen LogP contribution in [0.2, 0.25) is 5.02 Å². The van der Waals surface area contributed by atoms with E-state index >= 15 is 0 Å². The van der Waals surface area contributed by atoms with E-state index in [4.69, 9.17) is 16.0 Å². The lowest BCUT2D eigenvalue weighted by molar-refractivity contribution is 0.0717. The quantitative estimate of drug-likeness (QED) is 0.371. The van der Waals surface area contributed by atoms with E-state index in [-0.39, 0.29) is 11.9 Å². The van der Waals surface area contributed by atoms with Crippen LogP contribution in [0.3, 0.4) is 0 Å². The molecule has 1 atom stereocenters. The van der Waals surface area contributed by atoms with E-state index in [2.05, 4.69) is 4.98 Å². The van der Waals surface area contributed by atoms with Gasteiger partial charge >= 0.3 is 0 Å². The molecule has 1 aromatic heterocycles. The summed E-state index contributed by atoms with van der Waals surface area (Å²) >= 11 is 5.93. The van der Waals surface area contributed by atoms with E-state index in [1.165, 1.54) is 6.07 Å². The zero-order chi connectivity index (χ0) is 21.5. The molecule has 0 unspecified atom stereocenters. The Kier molecular flexibility index (Phi) is 4.94. The normalized spacial score (nSPS) is 16.2. The van der Waals surface area contributed by atoms with E-state index in [1.807, 2.05) is 0 Å². The Balaban J connectivity index is 1.46. The number of nitrogens with zero attached hydrogens (tertiary/aromatic N) is 2. The summed E-state index contributed by atoms with van der Waals surface area (Å²) in [4.78, 5) is 19.4. The first-order chi connectivity index (χ1) is 15.0. The zero-order valence-corrected chi connectivity index (χ0v) is 17.1. The number of likely N-dealkylation sites (tertiary alicyclic amines) is 1. The van der Waals surface area contributed by atoms with Gasteiger partial charge in [-0.25, -0.2) is 13.8 Å². The predicted molar refractivity (Wildman–Crippen MR) is 114 cm³/mol. The third-order valence-corrected chi connectivity index (χ3v) is 5.80. The molecule has 0 spiro atoms. The van der Waals surface area contributed by atoms with Crippen molar-refractivity contribution in [1.29, 1.82) is 0 Å². The van der Waals surface area contributed by atoms with E-state index in [9.17, 15) is 13.6 Å². The van der Waals surface area contributed by atoms with Crippen LogP contribution >= 0.6 is 11.6 Å². The first kappa shape index (κ1) is 19.7. The van der Waals surface area contributed by atoms with Gasteiger partial charge < -0.3 is 9.32 Å². The van der Waals surface area contributed by atoms with Gasteiger partial charge in [0, 0.05) is 17.1 Å². The lowest BCUT2D eigenvalue weighted by Crippen LogP contribution is -2.30. The van der Waals surface area contributed by atoms with Crippen LogP contribution in [0.25, 0.3) is 22.2 Å². The number of carbonyl (C=O) groups is 1. The predicted octanol–water partition coefficient (Wildman–Crippen LogP) is 6.40. The summed E-state index contributed by atoms with van der Waals surface area (Å²) in [6, 6.07) is 15.6. The van der Waals surface area contributed by atoms with Crippen molar-refractivity contribution in [3.05, 3.63) is 88.8 Å². The number of hydrogen-bond acceptors (Lipinski definition) is 3. The minimum atomic E-state index is -0.902. The molecule has 0 radical (unpaired) electrons. The molecular formula is C24H17ClF2N2O2. The highest BCUT2D eigenvalue weighted by molar-refractivity contribution is 6.30. The van der Waals surface area contributed by atoms with Gasteiger partial charge in [-0.2, -0.15) is 0 Å². The molecule has 3 aromatic carbocycles. The van der Waals surface area contributed by atoms with Crippen LogP contribution in [-0.2, 0) is 0 Å². The standard InChI is InChI=1S/C24H17ClF2N2O2/c25-17-7-3-14(4-8-17)24(30)29-11-1-2-21(29)23-28-20-13-16(6-10-22(20)31-23)15-5-9-18(26)19(27)12-15/h3-10,12-13,21H,1-2,11H2/t21-/m0/s1. The third kappa shape index (κ3) is 3.68. The Hall–Kier alpha value is -3.25. The van der Waals surface area contributed by atoms with Crippen LogP contribution in [0.15, 0.2) is 65.1 Å². The second-order valence-electron chi connectivity index (χ2n) is 7.53.